The molecule has 1 aliphatic rings. The molecule has 47 heavy (non-hydrogen) atoms. The summed E-state index contributed by atoms with van der Waals surface area (Å²) >= 11 is 10.1. The largest absolute Gasteiger partial charge is 0.247 e. The van der Waals surface area contributed by atoms with E-state index < -0.39 is 0 Å². The number of hydrazone groups is 1. The van der Waals surface area contributed by atoms with Gasteiger partial charge in [0.2, 0.25) is 5.95 Å². The normalized spacial score (nSPS) is 14.5. The van der Waals surface area contributed by atoms with Crippen LogP contribution in [-0.2, 0) is 0 Å². The lowest BCUT2D eigenvalue weighted by atomic mass is 9.96. The summed E-state index contributed by atoms with van der Waals surface area (Å²) in [6.07, 6.45) is 2.77. The maximum absolute atomic E-state index is 6.48. The van der Waals surface area contributed by atoms with Gasteiger partial charge in [0.25, 0.3) is 0 Å². The lowest BCUT2D eigenvalue weighted by molar-refractivity contribution is 0.690. The number of aromatic nitrogens is 4. The second-order valence-corrected chi connectivity index (χ2v) is 12.9. The van der Waals surface area contributed by atoms with Crippen molar-refractivity contribution in [2.24, 2.45) is 5.10 Å². The maximum Gasteiger partial charge on any atom is 0.247 e. The zero-order valence-electron chi connectivity index (χ0n) is 25.4. The number of hydrogen-bond acceptors (Lipinski definition) is 5. The van der Waals surface area contributed by atoms with Crippen LogP contribution in [0.5, 0.6) is 0 Å². The monoisotopic (exact) mass is 694 g/mol. The Morgan fingerprint density at radius 3 is 2.15 bits per heavy atom. The van der Waals surface area contributed by atoms with E-state index in [4.69, 9.17) is 31.8 Å². The summed E-state index contributed by atoms with van der Waals surface area (Å²) in [5, 5.41) is 13.9. The van der Waals surface area contributed by atoms with E-state index in [0.717, 1.165) is 60.4 Å². The predicted octanol–water partition coefficient (Wildman–Crippen LogP) is 10.2. The van der Waals surface area contributed by atoms with Gasteiger partial charge in [-0.3, -0.25) is 0 Å². The van der Waals surface area contributed by atoms with Crippen molar-refractivity contribution in [3.63, 3.8) is 0 Å². The number of aryl methyl sites for hydroxylation is 1. The van der Waals surface area contributed by atoms with E-state index in [-0.39, 0.29) is 6.04 Å². The molecular formula is C39H28BrClN6. The molecule has 228 valence electrons. The van der Waals surface area contributed by atoms with Gasteiger partial charge in [-0.2, -0.15) is 10.2 Å². The van der Waals surface area contributed by atoms with Gasteiger partial charge in [-0.1, -0.05) is 118 Å². The van der Waals surface area contributed by atoms with Crippen LogP contribution in [0.1, 0.15) is 29.2 Å². The Labute approximate surface area is 286 Å². The first-order valence-corrected chi connectivity index (χ1v) is 16.5. The molecule has 0 spiro atoms. The first-order chi connectivity index (χ1) is 23.0. The molecule has 0 saturated heterocycles. The van der Waals surface area contributed by atoms with E-state index in [2.05, 4.69) is 89.7 Å². The van der Waals surface area contributed by atoms with Gasteiger partial charge in [-0.05, 0) is 55.0 Å². The molecule has 2 aromatic heterocycles. The number of nitrogens with zero attached hydrogens (tertiary/aromatic N) is 6. The van der Waals surface area contributed by atoms with Crippen molar-refractivity contribution in [1.82, 2.24) is 19.7 Å². The van der Waals surface area contributed by atoms with Crippen LogP contribution in [0.4, 0.5) is 5.95 Å². The van der Waals surface area contributed by atoms with Crippen molar-refractivity contribution in [3.05, 3.63) is 160 Å². The highest BCUT2D eigenvalue weighted by Crippen LogP contribution is 2.41. The highest BCUT2D eigenvalue weighted by atomic mass is 79.9. The number of para-hydroxylation sites is 1. The molecule has 0 N–H and O–H groups in total. The van der Waals surface area contributed by atoms with Gasteiger partial charge in [0.1, 0.15) is 0 Å². The number of benzene rings is 5. The van der Waals surface area contributed by atoms with Gasteiger partial charge >= 0.3 is 0 Å². The summed E-state index contributed by atoms with van der Waals surface area (Å²) < 4.78 is 2.97. The van der Waals surface area contributed by atoms with E-state index in [9.17, 15) is 0 Å². The van der Waals surface area contributed by atoms with Gasteiger partial charge in [0, 0.05) is 44.2 Å². The predicted molar refractivity (Wildman–Crippen MR) is 194 cm³/mol. The van der Waals surface area contributed by atoms with Crippen LogP contribution in [-0.4, -0.2) is 25.5 Å². The number of rotatable bonds is 6. The molecule has 0 radical (unpaired) electrons. The SMILES string of the molecule is Cc1ccc(-c2nn(-c3ccccc3)cc2C2CC(c3ccc(Br)cc3)=NN2c2nc(-c3ccccc3)c3cc(Cl)ccc3n2)cc1. The molecule has 0 bridgehead atoms. The molecule has 8 rings (SSSR count). The fourth-order valence-corrected chi connectivity index (χ4v) is 6.48. The van der Waals surface area contributed by atoms with E-state index in [0.29, 0.717) is 17.4 Å². The summed E-state index contributed by atoms with van der Waals surface area (Å²) in [6.45, 7) is 2.10. The van der Waals surface area contributed by atoms with Crippen molar-refractivity contribution in [3.8, 4) is 28.2 Å². The maximum atomic E-state index is 6.48. The first-order valence-electron chi connectivity index (χ1n) is 15.4. The molecule has 3 heterocycles. The highest BCUT2D eigenvalue weighted by molar-refractivity contribution is 9.10. The third-order valence-corrected chi connectivity index (χ3v) is 9.20. The highest BCUT2D eigenvalue weighted by Gasteiger charge is 2.35. The Morgan fingerprint density at radius 2 is 1.40 bits per heavy atom. The molecule has 0 saturated carbocycles. The van der Waals surface area contributed by atoms with Gasteiger partial charge in [0.05, 0.1) is 34.3 Å². The third-order valence-electron chi connectivity index (χ3n) is 8.43. The van der Waals surface area contributed by atoms with Crippen LogP contribution in [0.25, 0.3) is 39.1 Å². The average molecular weight is 696 g/mol. The molecule has 5 aromatic carbocycles. The Balaban J connectivity index is 1.34. The second-order valence-electron chi connectivity index (χ2n) is 11.6. The smallest absolute Gasteiger partial charge is 0.240 e. The minimum Gasteiger partial charge on any atom is -0.240 e. The Kier molecular flexibility index (Phi) is 7.64. The topological polar surface area (TPSA) is 59.2 Å². The van der Waals surface area contributed by atoms with E-state index in [1.807, 2.05) is 76.4 Å². The number of hydrogen-bond donors (Lipinski definition) is 0. The minimum absolute atomic E-state index is 0.226. The van der Waals surface area contributed by atoms with E-state index in [1.165, 1.54) is 5.56 Å². The molecule has 1 aliphatic heterocycles. The Bertz CT molecular complexity index is 2250. The number of halogens is 2. The van der Waals surface area contributed by atoms with Crippen molar-refractivity contribution in [2.45, 2.75) is 19.4 Å². The minimum atomic E-state index is -0.226. The van der Waals surface area contributed by atoms with Crippen LogP contribution in [0.2, 0.25) is 5.02 Å². The Hall–Kier alpha value is -5.11. The molecule has 6 nitrogen and oxygen atoms in total. The third kappa shape index (κ3) is 5.73. The Morgan fingerprint density at radius 1 is 0.723 bits per heavy atom. The zero-order chi connectivity index (χ0) is 31.9. The molecule has 7 aromatic rings. The summed E-state index contributed by atoms with van der Waals surface area (Å²) in [5.74, 6) is 0.512. The van der Waals surface area contributed by atoms with Gasteiger partial charge in [-0.15, -0.1) is 0 Å². The lowest BCUT2D eigenvalue weighted by Crippen LogP contribution is -2.21. The van der Waals surface area contributed by atoms with Crippen molar-refractivity contribution in [1.29, 1.82) is 0 Å². The van der Waals surface area contributed by atoms with E-state index >= 15 is 0 Å². The molecule has 1 atom stereocenters. The summed E-state index contributed by atoms with van der Waals surface area (Å²) in [6, 6.07) is 42.7. The first kappa shape index (κ1) is 29.3. The molecular weight excluding hydrogens is 668 g/mol. The molecule has 0 fully saturated rings. The average Bonchev–Trinajstić information content (AvgIpc) is 3.75. The van der Waals surface area contributed by atoms with Gasteiger partial charge < -0.3 is 0 Å². The fraction of sp³-hybridized carbons (Fsp3) is 0.0769. The van der Waals surface area contributed by atoms with Crippen LogP contribution in [0.3, 0.4) is 0 Å². The number of fused-ring (bicyclic) bond motifs is 1. The zero-order valence-corrected chi connectivity index (χ0v) is 27.8. The van der Waals surface area contributed by atoms with Crippen LogP contribution < -0.4 is 5.01 Å². The standard InChI is InChI=1S/C39H28BrClN6/c1-25-12-14-28(15-13-25)38-33(24-46(45-38)31-10-6-3-7-11-31)36-23-35(26-16-18-29(40)19-17-26)44-47(36)39-42-34-21-20-30(41)22-32(34)37(43-39)27-8-4-2-5-9-27/h2-22,24,36H,23H2,1H3. The van der Waals surface area contributed by atoms with Crippen LogP contribution in [0.15, 0.2) is 143 Å². The van der Waals surface area contributed by atoms with Gasteiger partial charge in [-0.25, -0.2) is 19.7 Å². The van der Waals surface area contributed by atoms with Crippen molar-refractivity contribution < 1.29 is 0 Å². The lowest BCUT2D eigenvalue weighted by Gasteiger charge is -2.23. The summed E-state index contributed by atoms with van der Waals surface area (Å²) in [5.41, 5.74) is 9.72. The molecule has 1 unspecified atom stereocenters. The van der Waals surface area contributed by atoms with E-state index in [1.54, 1.807) is 0 Å². The van der Waals surface area contributed by atoms with Crippen LogP contribution in [0, 0.1) is 6.92 Å². The van der Waals surface area contributed by atoms with Gasteiger partial charge in [0.15, 0.2) is 0 Å². The van der Waals surface area contributed by atoms with Crippen molar-refractivity contribution >= 4 is 50.1 Å². The second kappa shape index (κ2) is 12.2. The summed E-state index contributed by atoms with van der Waals surface area (Å²) in [4.78, 5) is 10.3. The molecule has 0 aliphatic carbocycles. The number of anilines is 1. The van der Waals surface area contributed by atoms with Crippen LogP contribution >= 0.6 is 27.5 Å². The molecule has 8 heteroatoms. The summed E-state index contributed by atoms with van der Waals surface area (Å²) in [7, 11) is 0. The molecule has 0 amide bonds. The quantitative estimate of drug-likeness (QED) is 0.174. The van der Waals surface area contributed by atoms with Crippen molar-refractivity contribution in [2.75, 3.05) is 5.01 Å². The fourth-order valence-electron chi connectivity index (χ4n) is 6.04.